The Balaban J connectivity index is 2.14. The topological polar surface area (TPSA) is 17.8 Å². The van der Waals surface area contributed by atoms with Crippen molar-refractivity contribution in [3.63, 3.8) is 0 Å². The molecule has 2 rings (SSSR count). The SMILES string of the molecule is FC(F)(F)c1ccc(/C=C/n2ccnc2)cc1. The number of aromatic nitrogens is 2. The van der Waals surface area contributed by atoms with Crippen LogP contribution < -0.4 is 0 Å². The number of hydrogen-bond donors (Lipinski definition) is 0. The lowest BCUT2D eigenvalue weighted by molar-refractivity contribution is -0.137. The Morgan fingerprint density at radius 3 is 2.35 bits per heavy atom. The summed E-state index contributed by atoms with van der Waals surface area (Å²) in [5.41, 5.74) is 0.0592. The predicted octanol–water partition coefficient (Wildman–Crippen LogP) is 3.53. The first-order chi connectivity index (χ1) is 8.05. The largest absolute Gasteiger partial charge is 0.416 e. The molecule has 1 heterocycles. The fraction of sp³-hybridized carbons (Fsp3) is 0.0833. The Hall–Kier alpha value is -2.04. The smallest absolute Gasteiger partial charge is 0.313 e. The van der Waals surface area contributed by atoms with Gasteiger partial charge in [-0.2, -0.15) is 13.2 Å². The summed E-state index contributed by atoms with van der Waals surface area (Å²) in [4.78, 5) is 3.84. The molecule has 2 nitrogen and oxygen atoms in total. The van der Waals surface area contributed by atoms with E-state index in [1.807, 2.05) is 0 Å². The standard InChI is InChI=1S/C12H9F3N2/c13-12(14,15)11-3-1-10(2-4-11)5-7-17-8-6-16-9-17/h1-9H/b7-5+. The summed E-state index contributed by atoms with van der Waals surface area (Å²) in [6, 6.07) is 4.98. The molecule has 17 heavy (non-hydrogen) atoms. The van der Waals surface area contributed by atoms with E-state index in [0.717, 1.165) is 12.1 Å². The molecule has 0 N–H and O–H groups in total. The van der Waals surface area contributed by atoms with E-state index in [4.69, 9.17) is 0 Å². The van der Waals surface area contributed by atoms with Crippen molar-refractivity contribution in [1.29, 1.82) is 0 Å². The van der Waals surface area contributed by atoms with Crippen molar-refractivity contribution in [2.24, 2.45) is 0 Å². The molecule has 2 aromatic rings. The van der Waals surface area contributed by atoms with Gasteiger partial charge in [-0.1, -0.05) is 12.1 Å². The van der Waals surface area contributed by atoms with Gasteiger partial charge in [-0.3, -0.25) is 0 Å². The van der Waals surface area contributed by atoms with Gasteiger partial charge in [-0.25, -0.2) is 4.98 Å². The average molecular weight is 238 g/mol. The van der Waals surface area contributed by atoms with Gasteiger partial charge in [-0.15, -0.1) is 0 Å². The van der Waals surface area contributed by atoms with Gasteiger partial charge >= 0.3 is 6.18 Å². The van der Waals surface area contributed by atoms with Crippen LogP contribution in [-0.2, 0) is 6.18 Å². The molecule has 0 unspecified atom stereocenters. The highest BCUT2D eigenvalue weighted by molar-refractivity contribution is 5.60. The number of alkyl halides is 3. The monoisotopic (exact) mass is 238 g/mol. The lowest BCUT2D eigenvalue weighted by Gasteiger charge is -2.05. The molecule has 0 amide bonds. The number of hydrogen-bond acceptors (Lipinski definition) is 1. The minimum atomic E-state index is -4.29. The molecule has 0 spiro atoms. The van der Waals surface area contributed by atoms with E-state index in [1.54, 1.807) is 35.6 Å². The maximum Gasteiger partial charge on any atom is 0.416 e. The Labute approximate surface area is 96.0 Å². The number of halogens is 3. The molecule has 0 aliphatic heterocycles. The third-order valence-electron chi connectivity index (χ3n) is 2.20. The van der Waals surface area contributed by atoms with Crippen molar-refractivity contribution in [2.75, 3.05) is 0 Å². The molecule has 0 atom stereocenters. The first-order valence-electron chi connectivity index (χ1n) is 4.88. The number of benzene rings is 1. The lowest BCUT2D eigenvalue weighted by Crippen LogP contribution is -2.03. The van der Waals surface area contributed by atoms with Crippen molar-refractivity contribution in [2.45, 2.75) is 6.18 Å². The van der Waals surface area contributed by atoms with Crippen LogP contribution in [0.1, 0.15) is 11.1 Å². The minimum absolute atomic E-state index is 0.641. The fourth-order valence-electron chi connectivity index (χ4n) is 1.31. The Morgan fingerprint density at radius 2 is 1.82 bits per heavy atom. The van der Waals surface area contributed by atoms with Crippen molar-refractivity contribution < 1.29 is 13.2 Å². The van der Waals surface area contributed by atoms with E-state index in [2.05, 4.69) is 4.98 Å². The molecular weight excluding hydrogens is 229 g/mol. The second-order valence-electron chi connectivity index (χ2n) is 3.45. The maximum atomic E-state index is 12.3. The molecule has 1 aromatic heterocycles. The van der Waals surface area contributed by atoms with Crippen LogP contribution >= 0.6 is 0 Å². The molecular formula is C12H9F3N2. The molecule has 0 aliphatic rings. The molecule has 0 fully saturated rings. The van der Waals surface area contributed by atoms with Crippen LogP contribution in [-0.4, -0.2) is 9.55 Å². The molecule has 0 bridgehead atoms. The summed E-state index contributed by atoms with van der Waals surface area (Å²) in [5, 5.41) is 0. The zero-order chi connectivity index (χ0) is 12.3. The summed E-state index contributed by atoms with van der Waals surface area (Å²) in [6.45, 7) is 0. The second-order valence-corrected chi connectivity index (χ2v) is 3.45. The molecule has 0 radical (unpaired) electrons. The minimum Gasteiger partial charge on any atom is -0.313 e. The number of imidazole rings is 1. The molecule has 5 heteroatoms. The Kier molecular flexibility index (Phi) is 2.99. The zero-order valence-corrected chi connectivity index (χ0v) is 8.72. The van der Waals surface area contributed by atoms with Crippen LogP contribution in [0.5, 0.6) is 0 Å². The quantitative estimate of drug-likeness (QED) is 0.782. The Morgan fingerprint density at radius 1 is 1.12 bits per heavy atom. The van der Waals surface area contributed by atoms with E-state index in [1.165, 1.54) is 12.1 Å². The van der Waals surface area contributed by atoms with Crippen LogP contribution in [0.15, 0.2) is 43.0 Å². The molecule has 1 aromatic carbocycles. The summed E-state index contributed by atoms with van der Waals surface area (Å²) in [6.07, 6.45) is 4.10. The van der Waals surface area contributed by atoms with Gasteiger partial charge in [0.05, 0.1) is 11.9 Å². The van der Waals surface area contributed by atoms with E-state index in [9.17, 15) is 13.2 Å². The Bertz CT molecular complexity index is 496. The van der Waals surface area contributed by atoms with E-state index >= 15 is 0 Å². The van der Waals surface area contributed by atoms with Crippen LogP contribution in [0.3, 0.4) is 0 Å². The zero-order valence-electron chi connectivity index (χ0n) is 8.72. The predicted molar refractivity (Wildman–Crippen MR) is 58.9 cm³/mol. The van der Waals surface area contributed by atoms with Gasteiger partial charge in [0.15, 0.2) is 0 Å². The first kappa shape index (κ1) is 11.4. The first-order valence-corrected chi connectivity index (χ1v) is 4.88. The van der Waals surface area contributed by atoms with Gasteiger partial charge in [0, 0.05) is 18.6 Å². The lowest BCUT2D eigenvalue weighted by atomic mass is 10.1. The molecule has 0 saturated heterocycles. The molecule has 88 valence electrons. The normalized spacial score (nSPS) is 12.2. The highest BCUT2D eigenvalue weighted by Crippen LogP contribution is 2.29. The fourth-order valence-corrected chi connectivity index (χ4v) is 1.31. The van der Waals surface area contributed by atoms with Gasteiger partial charge < -0.3 is 4.57 Å². The van der Waals surface area contributed by atoms with E-state index in [-0.39, 0.29) is 0 Å². The summed E-state index contributed by atoms with van der Waals surface area (Å²) < 4.78 is 38.6. The van der Waals surface area contributed by atoms with Gasteiger partial charge in [0.2, 0.25) is 0 Å². The van der Waals surface area contributed by atoms with Gasteiger partial charge in [0.25, 0.3) is 0 Å². The van der Waals surface area contributed by atoms with Crippen LogP contribution in [0.2, 0.25) is 0 Å². The van der Waals surface area contributed by atoms with Gasteiger partial charge in [0.1, 0.15) is 0 Å². The van der Waals surface area contributed by atoms with Crippen LogP contribution in [0.25, 0.3) is 12.3 Å². The summed E-state index contributed by atoms with van der Waals surface area (Å²) >= 11 is 0. The number of rotatable bonds is 2. The van der Waals surface area contributed by atoms with Crippen molar-refractivity contribution in [1.82, 2.24) is 9.55 Å². The third kappa shape index (κ3) is 2.96. The van der Waals surface area contributed by atoms with Crippen molar-refractivity contribution in [3.8, 4) is 0 Å². The summed E-state index contributed by atoms with van der Waals surface area (Å²) in [7, 11) is 0. The summed E-state index contributed by atoms with van der Waals surface area (Å²) in [5.74, 6) is 0. The maximum absolute atomic E-state index is 12.3. The molecule has 0 aliphatic carbocycles. The second kappa shape index (κ2) is 4.45. The molecule has 0 saturated carbocycles. The van der Waals surface area contributed by atoms with Crippen LogP contribution in [0.4, 0.5) is 13.2 Å². The van der Waals surface area contributed by atoms with E-state index in [0.29, 0.717) is 5.56 Å². The number of nitrogens with zero attached hydrogens (tertiary/aromatic N) is 2. The average Bonchev–Trinajstić information content (AvgIpc) is 2.78. The van der Waals surface area contributed by atoms with Crippen molar-refractivity contribution >= 4 is 12.3 Å². The van der Waals surface area contributed by atoms with Crippen LogP contribution in [0, 0.1) is 0 Å². The highest BCUT2D eigenvalue weighted by atomic mass is 19.4. The highest BCUT2D eigenvalue weighted by Gasteiger charge is 2.29. The van der Waals surface area contributed by atoms with Crippen molar-refractivity contribution in [3.05, 3.63) is 54.1 Å². The van der Waals surface area contributed by atoms with Gasteiger partial charge in [-0.05, 0) is 23.8 Å². The van der Waals surface area contributed by atoms with E-state index < -0.39 is 11.7 Å². The third-order valence-corrected chi connectivity index (χ3v) is 2.20.